The molecule has 1 aliphatic rings. The fourth-order valence-electron chi connectivity index (χ4n) is 7.35. The highest BCUT2D eigenvalue weighted by atomic mass is 35.5. The lowest BCUT2D eigenvalue weighted by molar-refractivity contribution is -0.0435. The summed E-state index contributed by atoms with van der Waals surface area (Å²) in [4.78, 5) is 17.5. The van der Waals surface area contributed by atoms with E-state index in [2.05, 4.69) is 14.9 Å². The Hall–Kier alpha value is -5.36. The summed E-state index contributed by atoms with van der Waals surface area (Å²) in [5.74, 6) is -1.88. The van der Waals surface area contributed by atoms with Gasteiger partial charge in [0.25, 0.3) is 9.84 Å². The molecule has 0 bridgehead atoms. The Bertz CT molecular complexity index is 2710. The number of aromatic nitrogens is 1. The van der Waals surface area contributed by atoms with Crippen molar-refractivity contribution in [2.24, 2.45) is 7.05 Å². The van der Waals surface area contributed by atoms with Gasteiger partial charge in [0.2, 0.25) is 0 Å². The van der Waals surface area contributed by atoms with Crippen LogP contribution in [0.1, 0.15) is 16.1 Å². The molecule has 1 saturated heterocycles. The second kappa shape index (κ2) is 19.2. The minimum absolute atomic E-state index is 0.0513. The number of alkyl halides is 3. The first-order valence-electron chi connectivity index (χ1n) is 19.5. The fourth-order valence-corrected chi connectivity index (χ4v) is 9.99. The Morgan fingerprint density at radius 3 is 2.16 bits per heavy atom. The van der Waals surface area contributed by atoms with Crippen LogP contribution in [0.2, 0.25) is 5.02 Å². The van der Waals surface area contributed by atoms with E-state index in [4.69, 9.17) is 16.3 Å². The molecule has 0 spiro atoms. The number of esters is 1. The highest BCUT2D eigenvalue weighted by Crippen LogP contribution is 2.44. The number of methoxy groups -OCH3 is 1. The van der Waals surface area contributed by atoms with Gasteiger partial charge in [0.05, 0.1) is 35.3 Å². The van der Waals surface area contributed by atoms with Crippen LogP contribution in [0.25, 0.3) is 22.4 Å². The molecular formula is C45H41ClF5N5O4S3. The van der Waals surface area contributed by atoms with Gasteiger partial charge in [0, 0.05) is 83.0 Å². The smallest absolute Gasteiger partial charge is 0.465 e. The lowest BCUT2D eigenvalue weighted by atomic mass is 9.95. The van der Waals surface area contributed by atoms with Gasteiger partial charge < -0.3 is 29.1 Å². The number of sulfone groups is 1. The zero-order valence-corrected chi connectivity index (χ0v) is 37.3. The standard InChI is InChI=1S/C45H41ClF5N5O4S3/c1-28-39(44(57)60-3)41(43(54(28)2)29-9-11-30(46)12-10-29)40-35(47)18-20-37(42(40)48)56-24-22-55(23-25-56)32-15-13-31(14-16-32)53-62-34-17-19-36(38(27-34)63(58,59)45(49,50)51)52-21-26-61-33-7-5-4-6-8-33/h4-20,27,52-53H,21-26H2,1-3H3. The number of thioether (sulfide) groups is 1. The van der Waals surface area contributed by atoms with Crippen LogP contribution in [0.4, 0.5) is 44.7 Å². The number of hydrogen-bond donors (Lipinski definition) is 2. The lowest BCUT2D eigenvalue weighted by Gasteiger charge is -2.37. The monoisotopic (exact) mass is 941 g/mol. The van der Waals surface area contributed by atoms with Crippen molar-refractivity contribution >= 4 is 73.9 Å². The SMILES string of the molecule is COC(=O)c1c(-c2c(F)ccc(N3CCN(c4ccc(NSc5ccc(NCCSc6ccccc6)c(S(=O)(=O)C(F)(F)F)c5)cc4)CC3)c2F)c(-c2ccc(Cl)cc2)n(C)c1C. The van der Waals surface area contributed by atoms with Gasteiger partial charge in [-0.3, -0.25) is 0 Å². The van der Waals surface area contributed by atoms with Gasteiger partial charge >= 0.3 is 11.5 Å². The Kier molecular flexibility index (Phi) is 13.9. The van der Waals surface area contributed by atoms with Gasteiger partial charge in [0.1, 0.15) is 10.7 Å². The number of rotatable bonds is 14. The molecule has 1 aromatic heterocycles. The van der Waals surface area contributed by atoms with Crippen molar-refractivity contribution in [1.29, 1.82) is 0 Å². The van der Waals surface area contributed by atoms with Crippen LogP contribution in [-0.4, -0.2) is 70.0 Å². The molecule has 7 rings (SSSR count). The summed E-state index contributed by atoms with van der Waals surface area (Å²) in [6.07, 6.45) is 0. The first-order chi connectivity index (χ1) is 30.1. The van der Waals surface area contributed by atoms with Gasteiger partial charge in [-0.1, -0.05) is 41.9 Å². The van der Waals surface area contributed by atoms with E-state index in [-0.39, 0.29) is 39.5 Å². The van der Waals surface area contributed by atoms with E-state index in [1.807, 2.05) is 47.4 Å². The van der Waals surface area contributed by atoms with Crippen LogP contribution in [0, 0.1) is 18.6 Å². The van der Waals surface area contributed by atoms with Crippen LogP contribution in [0.5, 0.6) is 0 Å². The number of halogens is 6. The minimum atomic E-state index is -5.66. The van der Waals surface area contributed by atoms with E-state index in [9.17, 15) is 26.4 Å². The number of benzene rings is 5. The molecule has 0 saturated carbocycles. The van der Waals surface area contributed by atoms with E-state index >= 15 is 8.78 Å². The number of ether oxygens (including phenoxy) is 1. The Labute approximate surface area is 375 Å². The summed E-state index contributed by atoms with van der Waals surface area (Å²) >= 11 is 8.60. The van der Waals surface area contributed by atoms with Crippen molar-refractivity contribution in [3.05, 3.63) is 137 Å². The van der Waals surface area contributed by atoms with Crippen LogP contribution < -0.4 is 19.8 Å². The van der Waals surface area contributed by atoms with Crippen molar-refractivity contribution in [1.82, 2.24) is 4.57 Å². The van der Waals surface area contributed by atoms with E-state index in [1.54, 1.807) is 54.9 Å². The summed E-state index contributed by atoms with van der Waals surface area (Å²) < 4.78 is 109. The number of nitrogens with zero attached hydrogens (tertiary/aromatic N) is 3. The Morgan fingerprint density at radius 1 is 0.841 bits per heavy atom. The van der Waals surface area contributed by atoms with Crippen LogP contribution in [0.15, 0.2) is 124 Å². The highest BCUT2D eigenvalue weighted by molar-refractivity contribution is 8.00. The van der Waals surface area contributed by atoms with Gasteiger partial charge in [-0.05, 0) is 103 Å². The van der Waals surface area contributed by atoms with E-state index in [0.29, 0.717) is 59.6 Å². The second-order valence-electron chi connectivity index (χ2n) is 14.4. The van der Waals surface area contributed by atoms with Gasteiger partial charge in [-0.15, -0.1) is 11.8 Å². The average molecular weight is 942 g/mol. The maximum atomic E-state index is 16.8. The van der Waals surface area contributed by atoms with Gasteiger partial charge in [-0.25, -0.2) is 22.0 Å². The second-order valence-corrected chi connectivity index (χ2v) is 18.8. The van der Waals surface area contributed by atoms with Crippen LogP contribution >= 0.6 is 35.3 Å². The molecule has 0 amide bonds. The topological polar surface area (TPSA) is 95.9 Å². The number of carbonyl (C=O) groups excluding carboxylic acids is 1. The Balaban J connectivity index is 1.03. The fraction of sp³-hybridized carbons (Fsp3) is 0.222. The molecule has 5 aromatic carbocycles. The van der Waals surface area contributed by atoms with E-state index in [0.717, 1.165) is 28.6 Å². The summed E-state index contributed by atoms with van der Waals surface area (Å²) in [5.41, 5.74) is -2.69. The molecule has 0 atom stereocenters. The first kappa shape index (κ1) is 45.7. The molecule has 6 aromatic rings. The van der Waals surface area contributed by atoms with E-state index < -0.39 is 37.8 Å². The van der Waals surface area contributed by atoms with Crippen molar-refractivity contribution in [3.63, 3.8) is 0 Å². The quantitative estimate of drug-likeness (QED) is 0.0361. The van der Waals surface area contributed by atoms with Crippen LogP contribution in [-0.2, 0) is 21.6 Å². The minimum Gasteiger partial charge on any atom is -0.465 e. The van der Waals surface area contributed by atoms with E-state index in [1.165, 1.54) is 43.1 Å². The van der Waals surface area contributed by atoms with Gasteiger partial charge in [0.15, 0.2) is 5.82 Å². The molecule has 18 heteroatoms. The third-order valence-corrected chi connectivity index (χ3v) is 14.3. The third-order valence-electron chi connectivity index (χ3n) is 10.6. The molecule has 0 aliphatic carbocycles. The normalized spacial score (nSPS) is 13.3. The summed E-state index contributed by atoms with van der Waals surface area (Å²) in [6.45, 7) is 3.67. The van der Waals surface area contributed by atoms with Crippen molar-refractivity contribution < 1.29 is 39.9 Å². The number of carbonyl (C=O) groups is 1. The number of anilines is 4. The van der Waals surface area contributed by atoms with Gasteiger partial charge in [-0.2, -0.15) is 13.2 Å². The maximum absolute atomic E-state index is 16.8. The maximum Gasteiger partial charge on any atom is 0.501 e. The predicted octanol–water partition coefficient (Wildman–Crippen LogP) is 11.3. The largest absolute Gasteiger partial charge is 0.501 e. The summed E-state index contributed by atoms with van der Waals surface area (Å²) in [7, 11) is -2.73. The zero-order chi connectivity index (χ0) is 45.1. The van der Waals surface area contributed by atoms with Crippen molar-refractivity contribution in [3.8, 4) is 22.4 Å². The molecule has 1 fully saturated rings. The molecule has 1 aliphatic heterocycles. The van der Waals surface area contributed by atoms with Crippen LogP contribution in [0.3, 0.4) is 0 Å². The van der Waals surface area contributed by atoms with Crippen molar-refractivity contribution in [2.45, 2.75) is 27.1 Å². The third kappa shape index (κ3) is 9.76. The highest BCUT2D eigenvalue weighted by Gasteiger charge is 2.48. The number of nitrogens with one attached hydrogen (secondary N) is 2. The molecule has 63 heavy (non-hydrogen) atoms. The molecular weight excluding hydrogens is 901 g/mol. The average Bonchev–Trinajstić information content (AvgIpc) is 3.53. The molecule has 0 unspecified atom stereocenters. The number of piperazine rings is 1. The predicted molar refractivity (Wildman–Crippen MR) is 243 cm³/mol. The molecule has 330 valence electrons. The molecule has 2 N–H and O–H groups in total. The first-order valence-corrected chi connectivity index (χ1v) is 23.2. The lowest BCUT2D eigenvalue weighted by Crippen LogP contribution is -2.46. The zero-order valence-electron chi connectivity index (χ0n) is 34.1. The molecule has 9 nitrogen and oxygen atoms in total. The molecule has 0 radical (unpaired) electrons. The summed E-state index contributed by atoms with van der Waals surface area (Å²) in [6, 6.07) is 30.0. The summed E-state index contributed by atoms with van der Waals surface area (Å²) in [5, 5.41) is 3.33. The Morgan fingerprint density at radius 2 is 1.51 bits per heavy atom. The number of hydrogen-bond acceptors (Lipinski definition) is 10. The van der Waals surface area contributed by atoms with Crippen molar-refractivity contribution in [2.75, 3.05) is 65.4 Å². The molecule has 2 heterocycles.